The number of rotatable bonds is 9. The quantitative estimate of drug-likeness (QED) is 0.651. The third-order valence-corrected chi connectivity index (χ3v) is 5.25. The van der Waals surface area contributed by atoms with Crippen LogP contribution in [0.5, 0.6) is 0 Å². The zero-order valence-corrected chi connectivity index (χ0v) is 14.7. The smallest absolute Gasteiger partial charge is 0.211 e. The average molecular weight is 386 g/mol. The molecule has 0 unspecified atom stereocenters. The molecule has 0 bridgehead atoms. The number of sulfonamides is 1. The van der Waals surface area contributed by atoms with E-state index in [9.17, 15) is 8.42 Å². The van der Waals surface area contributed by atoms with Crippen LogP contribution in [0, 0.1) is 0 Å². The Bertz CT molecular complexity index is 655. The van der Waals surface area contributed by atoms with Crippen molar-refractivity contribution in [3.63, 3.8) is 0 Å². The fraction of sp³-hybridized carbons (Fsp3) is 0.400. The van der Waals surface area contributed by atoms with Crippen LogP contribution >= 0.6 is 15.9 Å². The van der Waals surface area contributed by atoms with E-state index in [4.69, 9.17) is 0 Å². The summed E-state index contributed by atoms with van der Waals surface area (Å²) in [5, 5.41) is 0. The molecule has 0 aliphatic heterocycles. The molecule has 0 aliphatic carbocycles. The topological polar surface area (TPSA) is 74.8 Å². The highest BCUT2D eigenvalue weighted by atomic mass is 79.9. The van der Waals surface area contributed by atoms with Crippen LogP contribution in [0.1, 0.15) is 30.5 Å². The lowest BCUT2D eigenvalue weighted by Gasteiger charge is -2.07. The molecule has 2 aromatic rings. The van der Waals surface area contributed by atoms with Gasteiger partial charge in [-0.15, -0.1) is 0 Å². The average Bonchev–Trinajstić information content (AvgIpc) is 3.00. The van der Waals surface area contributed by atoms with E-state index >= 15 is 0 Å². The van der Waals surface area contributed by atoms with Gasteiger partial charge >= 0.3 is 0 Å². The maximum Gasteiger partial charge on any atom is 0.211 e. The van der Waals surface area contributed by atoms with Gasteiger partial charge in [0.1, 0.15) is 0 Å². The van der Waals surface area contributed by atoms with E-state index in [1.807, 2.05) is 30.5 Å². The lowest BCUT2D eigenvalue weighted by Crippen LogP contribution is -2.25. The lowest BCUT2D eigenvalue weighted by atomic mass is 10.2. The van der Waals surface area contributed by atoms with Gasteiger partial charge in [0.15, 0.2) is 0 Å². The van der Waals surface area contributed by atoms with Crippen molar-refractivity contribution in [2.24, 2.45) is 0 Å². The molecule has 0 atom stereocenters. The summed E-state index contributed by atoms with van der Waals surface area (Å²) < 4.78 is 27.5. The Kier molecular flexibility index (Phi) is 6.60. The molecule has 2 rings (SSSR count). The Labute approximate surface area is 139 Å². The second-order valence-corrected chi connectivity index (χ2v) is 7.98. The first-order chi connectivity index (χ1) is 10.6. The number of H-pyrrole nitrogens is 1. The van der Waals surface area contributed by atoms with Crippen LogP contribution in [-0.2, 0) is 23.0 Å². The number of hydrogen-bond acceptors (Lipinski definition) is 3. The van der Waals surface area contributed by atoms with E-state index in [0.717, 1.165) is 35.0 Å². The van der Waals surface area contributed by atoms with Gasteiger partial charge in [0.05, 0.1) is 17.8 Å². The molecule has 0 aliphatic rings. The van der Waals surface area contributed by atoms with Crippen LogP contribution in [0.3, 0.4) is 0 Å². The van der Waals surface area contributed by atoms with Crippen molar-refractivity contribution >= 4 is 26.0 Å². The van der Waals surface area contributed by atoms with Gasteiger partial charge in [-0.1, -0.05) is 34.5 Å². The number of aryl methyl sites for hydroxylation is 1. The van der Waals surface area contributed by atoms with Gasteiger partial charge < -0.3 is 4.98 Å². The van der Waals surface area contributed by atoms with Gasteiger partial charge in [0.25, 0.3) is 0 Å². The Morgan fingerprint density at radius 1 is 1.14 bits per heavy atom. The van der Waals surface area contributed by atoms with Gasteiger partial charge in [0.2, 0.25) is 10.0 Å². The molecule has 120 valence electrons. The molecule has 0 amide bonds. The fourth-order valence-corrected chi connectivity index (χ4v) is 3.45. The molecule has 0 saturated carbocycles. The Hall–Kier alpha value is -1.18. The number of nitrogens with zero attached hydrogens (tertiary/aromatic N) is 1. The molecule has 1 heterocycles. The summed E-state index contributed by atoms with van der Waals surface area (Å²) in [6.45, 7) is 0.336. The molecule has 7 heteroatoms. The first-order valence-corrected chi connectivity index (χ1v) is 9.69. The van der Waals surface area contributed by atoms with Gasteiger partial charge in [-0.05, 0) is 37.0 Å². The molecule has 1 aromatic carbocycles. The molecule has 5 nitrogen and oxygen atoms in total. The van der Waals surface area contributed by atoms with Crippen LogP contribution in [0.2, 0.25) is 0 Å². The fourth-order valence-electron chi connectivity index (χ4n) is 2.07. The van der Waals surface area contributed by atoms with Gasteiger partial charge in [-0.2, -0.15) is 0 Å². The molecule has 1 aromatic heterocycles. The molecule has 2 N–H and O–H groups in total. The first kappa shape index (κ1) is 17.2. The minimum atomic E-state index is -3.21. The van der Waals surface area contributed by atoms with Crippen LogP contribution < -0.4 is 4.72 Å². The summed E-state index contributed by atoms with van der Waals surface area (Å²) in [5.41, 5.74) is 1.97. The molecule has 0 radical (unpaired) electrons. The summed E-state index contributed by atoms with van der Waals surface area (Å²) in [6, 6.07) is 7.60. The van der Waals surface area contributed by atoms with Crippen LogP contribution in [0.15, 0.2) is 41.3 Å². The van der Waals surface area contributed by atoms with E-state index in [-0.39, 0.29) is 5.75 Å². The largest absolute Gasteiger partial charge is 0.351 e. The predicted molar refractivity (Wildman–Crippen MR) is 90.9 cm³/mol. The minimum Gasteiger partial charge on any atom is -0.351 e. The summed E-state index contributed by atoms with van der Waals surface area (Å²) in [7, 11) is -3.21. The molecule has 0 fully saturated rings. The maximum atomic E-state index is 11.9. The van der Waals surface area contributed by atoms with Gasteiger partial charge in [-0.3, -0.25) is 0 Å². The molecular weight excluding hydrogens is 366 g/mol. The highest BCUT2D eigenvalue weighted by molar-refractivity contribution is 9.10. The van der Waals surface area contributed by atoms with E-state index in [0.29, 0.717) is 13.0 Å². The number of halogens is 1. The maximum absolute atomic E-state index is 11.9. The summed E-state index contributed by atoms with van der Waals surface area (Å²) in [6.07, 6.45) is 6.91. The molecular formula is C15H20BrN3O2S. The zero-order valence-electron chi connectivity index (χ0n) is 12.3. The van der Waals surface area contributed by atoms with Crippen LogP contribution in [-0.4, -0.2) is 24.1 Å². The van der Waals surface area contributed by atoms with Crippen molar-refractivity contribution in [1.82, 2.24) is 14.7 Å². The summed E-state index contributed by atoms with van der Waals surface area (Å²) >= 11 is 3.35. The van der Waals surface area contributed by atoms with Gasteiger partial charge in [0, 0.05) is 17.2 Å². The number of benzene rings is 1. The van der Waals surface area contributed by atoms with Crippen LogP contribution in [0.25, 0.3) is 0 Å². The minimum absolute atomic E-state index is 0.171. The number of imidazole rings is 1. The van der Waals surface area contributed by atoms with Crippen molar-refractivity contribution in [2.75, 3.05) is 5.75 Å². The summed E-state index contributed by atoms with van der Waals surface area (Å²) in [4.78, 5) is 7.05. The van der Waals surface area contributed by atoms with E-state index < -0.39 is 10.0 Å². The van der Waals surface area contributed by atoms with Crippen molar-refractivity contribution < 1.29 is 8.42 Å². The Balaban J connectivity index is 1.64. The van der Waals surface area contributed by atoms with Crippen molar-refractivity contribution in [2.45, 2.75) is 32.2 Å². The first-order valence-electron chi connectivity index (χ1n) is 7.24. The lowest BCUT2D eigenvalue weighted by molar-refractivity contribution is 0.575. The number of hydrogen-bond donors (Lipinski definition) is 2. The van der Waals surface area contributed by atoms with E-state index in [1.54, 1.807) is 6.33 Å². The standard InChI is InChI=1S/C15H20BrN3O2S/c16-14-7-5-13(6-8-14)10-19-22(20,21)9-3-1-2-4-15-11-17-12-18-15/h5-8,11-12,19H,1-4,9-10H2,(H,17,18). The third-order valence-electron chi connectivity index (χ3n) is 3.31. The number of nitrogens with one attached hydrogen (secondary N) is 2. The highest BCUT2D eigenvalue weighted by Gasteiger charge is 2.09. The molecule has 22 heavy (non-hydrogen) atoms. The molecule has 0 saturated heterocycles. The summed E-state index contributed by atoms with van der Waals surface area (Å²) in [5.74, 6) is 0.171. The number of unbranched alkanes of at least 4 members (excludes halogenated alkanes) is 2. The van der Waals surface area contributed by atoms with Crippen molar-refractivity contribution in [1.29, 1.82) is 0 Å². The normalized spacial score (nSPS) is 11.7. The van der Waals surface area contributed by atoms with Crippen molar-refractivity contribution in [3.05, 3.63) is 52.5 Å². The zero-order chi connectivity index (χ0) is 15.8. The highest BCUT2D eigenvalue weighted by Crippen LogP contribution is 2.11. The monoisotopic (exact) mass is 385 g/mol. The Morgan fingerprint density at radius 2 is 1.91 bits per heavy atom. The van der Waals surface area contributed by atoms with Gasteiger partial charge in [-0.25, -0.2) is 18.1 Å². The Morgan fingerprint density at radius 3 is 2.59 bits per heavy atom. The molecule has 0 spiro atoms. The van der Waals surface area contributed by atoms with Crippen LogP contribution in [0.4, 0.5) is 0 Å². The SMILES string of the molecule is O=S(=O)(CCCCCc1c[nH]cn1)NCc1ccc(Br)cc1. The number of aromatic nitrogens is 2. The third kappa shape index (κ3) is 6.29. The van der Waals surface area contributed by atoms with E-state index in [1.165, 1.54) is 0 Å². The second-order valence-electron chi connectivity index (χ2n) is 5.14. The van der Waals surface area contributed by atoms with E-state index in [2.05, 4.69) is 30.6 Å². The number of aromatic amines is 1. The van der Waals surface area contributed by atoms with Crippen molar-refractivity contribution in [3.8, 4) is 0 Å². The predicted octanol–water partition coefficient (Wildman–Crippen LogP) is 3.00. The second kappa shape index (κ2) is 8.45.